The monoisotopic (exact) mass is 419 g/mol. The topological polar surface area (TPSA) is 54.5 Å². The van der Waals surface area contributed by atoms with Crippen LogP contribution in [-0.2, 0) is 13.8 Å². The summed E-state index contributed by atoms with van der Waals surface area (Å²) in [4.78, 5) is 13.5. The van der Waals surface area contributed by atoms with Crippen molar-refractivity contribution in [3.63, 3.8) is 0 Å². The number of rotatable bonds is 3. The van der Waals surface area contributed by atoms with E-state index >= 15 is 0 Å². The Labute approximate surface area is 139 Å². The highest BCUT2D eigenvalue weighted by Crippen LogP contribution is 2.39. The number of hydrogen-bond acceptors (Lipinski definition) is 3. The molecule has 1 heterocycles. The van der Waals surface area contributed by atoms with Crippen molar-refractivity contribution in [2.24, 2.45) is 5.92 Å². The Morgan fingerprint density at radius 1 is 1.35 bits per heavy atom. The fourth-order valence-corrected chi connectivity index (χ4v) is 5.02. The molecule has 1 amide bonds. The summed E-state index contributed by atoms with van der Waals surface area (Å²) in [6.07, 6.45) is 0.122. The van der Waals surface area contributed by atoms with E-state index in [0.717, 1.165) is 0 Å². The molecule has 1 aliphatic heterocycles. The van der Waals surface area contributed by atoms with Crippen LogP contribution >= 0.6 is 49.8 Å². The van der Waals surface area contributed by atoms with Gasteiger partial charge in [-0.05, 0) is 28.1 Å². The third-order valence-corrected chi connectivity index (χ3v) is 5.25. The van der Waals surface area contributed by atoms with Crippen molar-refractivity contribution < 1.29 is 13.2 Å². The third-order valence-electron chi connectivity index (χ3n) is 2.89. The fraction of sp³-hybridized carbons (Fsp3) is 0.364. The summed E-state index contributed by atoms with van der Waals surface area (Å²) in [6, 6.07) is 3.16. The zero-order valence-corrected chi connectivity index (χ0v) is 14.6. The van der Waals surface area contributed by atoms with Crippen LogP contribution in [0.25, 0.3) is 0 Å². The summed E-state index contributed by atoms with van der Waals surface area (Å²) >= 11 is 15.3. The van der Waals surface area contributed by atoms with E-state index < -0.39 is 9.05 Å². The molecule has 1 atom stereocenters. The van der Waals surface area contributed by atoms with E-state index in [1.165, 1.54) is 11.0 Å². The molecular weight excluding hydrogens is 412 g/mol. The molecule has 1 saturated heterocycles. The first-order valence-electron chi connectivity index (χ1n) is 5.54. The van der Waals surface area contributed by atoms with E-state index in [1.807, 2.05) is 0 Å². The summed E-state index contributed by atoms with van der Waals surface area (Å²) in [5, 5.41) is 0.768. The number of carbonyl (C=O) groups is 1. The van der Waals surface area contributed by atoms with E-state index in [9.17, 15) is 13.2 Å². The number of nitrogens with zero attached hydrogens (tertiary/aromatic N) is 1. The van der Waals surface area contributed by atoms with Gasteiger partial charge in [0.1, 0.15) is 0 Å². The van der Waals surface area contributed by atoms with Crippen LogP contribution in [0.1, 0.15) is 6.42 Å². The molecule has 1 aliphatic rings. The van der Waals surface area contributed by atoms with Crippen LogP contribution in [-0.4, -0.2) is 26.6 Å². The van der Waals surface area contributed by atoms with Gasteiger partial charge in [-0.2, -0.15) is 0 Å². The Balaban J connectivity index is 2.29. The first kappa shape index (κ1) is 16.4. The van der Waals surface area contributed by atoms with Crippen LogP contribution in [0.15, 0.2) is 16.6 Å². The highest BCUT2D eigenvalue weighted by molar-refractivity contribution is 9.10. The number of anilines is 1. The van der Waals surface area contributed by atoms with E-state index in [-0.39, 0.29) is 30.5 Å². The predicted octanol–water partition coefficient (Wildman–Crippen LogP) is 3.68. The van der Waals surface area contributed by atoms with Gasteiger partial charge in [0.2, 0.25) is 15.0 Å². The largest absolute Gasteiger partial charge is 0.310 e. The molecule has 9 heteroatoms. The van der Waals surface area contributed by atoms with Crippen LogP contribution < -0.4 is 4.90 Å². The normalized spacial score (nSPS) is 19.7. The number of benzene rings is 1. The minimum Gasteiger partial charge on any atom is -0.310 e. The SMILES string of the molecule is O=C1CC(CS(=O)(=O)Cl)CN1c1c(Cl)cc(Cl)cc1Br. The first-order chi connectivity index (χ1) is 9.17. The average molecular weight is 422 g/mol. The molecule has 1 aromatic rings. The lowest BCUT2D eigenvalue weighted by molar-refractivity contribution is -0.117. The van der Waals surface area contributed by atoms with Gasteiger partial charge in [0.15, 0.2) is 0 Å². The Morgan fingerprint density at radius 2 is 2.00 bits per heavy atom. The molecule has 0 spiro atoms. The number of amides is 1. The van der Waals surface area contributed by atoms with E-state index in [4.69, 9.17) is 33.9 Å². The molecule has 2 rings (SSSR count). The standard InChI is InChI=1S/C11H9BrCl3NO3S/c12-8-2-7(13)3-9(14)11(8)16-4-6(1-10(16)17)5-20(15,18)19/h2-3,6H,1,4-5H2. The highest BCUT2D eigenvalue weighted by atomic mass is 79.9. The second-order valence-corrected chi connectivity index (χ2v) is 9.02. The number of carbonyl (C=O) groups excluding carboxylic acids is 1. The number of hydrogen-bond donors (Lipinski definition) is 0. The predicted molar refractivity (Wildman–Crippen MR) is 84.3 cm³/mol. The summed E-state index contributed by atoms with van der Waals surface area (Å²) in [5.74, 6) is -0.775. The lowest BCUT2D eigenvalue weighted by Crippen LogP contribution is -2.26. The number of halogens is 4. The van der Waals surface area contributed by atoms with Crippen LogP contribution in [0.3, 0.4) is 0 Å². The summed E-state index contributed by atoms with van der Waals surface area (Å²) in [7, 11) is 1.59. The van der Waals surface area contributed by atoms with Crippen molar-refractivity contribution in [3.05, 3.63) is 26.7 Å². The molecule has 0 saturated carbocycles. The van der Waals surface area contributed by atoms with E-state index in [0.29, 0.717) is 20.2 Å². The Kier molecular flexibility index (Phi) is 4.91. The molecule has 0 aromatic heterocycles. The van der Waals surface area contributed by atoms with E-state index in [1.54, 1.807) is 6.07 Å². The van der Waals surface area contributed by atoms with Gasteiger partial charge in [0.25, 0.3) is 0 Å². The van der Waals surface area contributed by atoms with Crippen LogP contribution in [0.5, 0.6) is 0 Å². The molecule has 1 unspecified atom stereocenters. The molecule has 4 nitrogen and oxygen atoms in total. The molecule has 110 valence electrons. The maximum atomic E-state index is 12.0. The first-order valence-corrected chi connectivity index (χ1v) is 9.57. The smallest absolute Gasteiger partial charge is 0.232 e. The van der Waals surface area contributed by atoms with Crippen molar-refractivity contribution in [1.29, 1.82) is 0 Å². The van der Waals surface area contributed by atoms with Crippen molar-refractivity contribution in [2.45, 2.75) is 6.42 Å². The lowest BCUT2D eigenvalue weighted by atomic mass is 10.1. The second kappa shape index (κ2) is 6.01. The van der Waals surface area contributed by atoms with Crippen LogP contribution in [0, 0.1) is 5.92 Å². The van der Waals surface area contributed by atoms with Gasteiger partial charge in [0.05, 0.1) is 16.5 Å². The van der Waals surface area contributed by atoms with Crippen molar-refractivity contribution in [2.75, 3.05) is 17.2 Å². The van der Waals surface area contributed by atoms with Gasteiger partial charge in [-0.15, -0.1) is 0 Å². The van der Waals surface area contributed by atoms with Gasteiger partial charge < -0.3 is 4.90 Å². The minimum atomic E-state index is -3.64. The quantitative estimate of drug-likeness (QED) is 0.700. The molecule has 1 aromatic carbocycles. The molecule has 1 fully saturated rings. The summed E-state index contributed by atoms with van der Waals surface area (Å²) < 4.78 is 22.8. The van der Waals surface area contributed by atoms with Gasteiger partial charge in [-0.3, -0.25) is 4.79 Å². The molecular formula is C11H9BrCl3NO3S. The zero-order valence-electron chi connectivity index (χ0n) is 9.95. The van der Waals surface area contributed by atoms with Crippen LogP contribution in [0.2, 0.25) is 10.0 Å². The van der Waals surface area contributed by atoms with Crippen molar-refractivity contribution >= 4 is 70.5 Å². The second-order valence-electron chi connectivity index (χ2n) is 4.50. The Morgan fingerprint density at radius 3 is 2.55 bits per heavy atom. The Hall–Kier alpha value is -0.0100. The highest BCUT2D eigenvalue weighted by Gasteiger charge is 2.35. The molecule has 0 bridgehead atoms. The van der Waals surface area contributed by atoms with Gasteiger partial charge >= 0.3 is 0 Å². The van der Waals surface area contributed by atoms with Crippen LogP contribution in [0.4, 0.5) is 5.69 Å². The lowest BCUT2D eigenvalue weighted by Gasteiger charge is -2.20. The average Bonchev–Trinajstić information content (AvgIpc) is 2.55. The zero-order chi connectivity index (χ0) is 15.1. The maximum absolute atomic E-state index is 12.0. The fourth-order valence-electron chi connectivity index (χ4n) is 2.18. The molecule has 0 aliphatic carbocycles. The van der Waals surface area contributed by atoms with Gasteiger partial charge in [0, 0.05) is 39.1 Å². The van der Waals surface area contributed by atoms with Crippen molar-refractivity contribution in [1.82, 2.24) is 0 Å². The maximum Gasteiger partial charge on any atom is 0.232 e. The molecule has 0 N–H and O–H groups in total. The van der Waals surface area contributed by atoms with E-state index in [2.05, 4.69) is 15.9 Å². The van der Waals surface area contributed by atoms with Crippen molar-refractivity contribution in [3.8, 4) is 0 Å². The third kappa shape index (κ3) is 3.80. The Bertz CT molecular complexity index is 642. The molecule has 0 radical (unpaired) electrons. The summed E-state index contributed by atoms with van der Waals surface area (Å²) in [5.41, 5.74) is 0.496. The minimum absolute atomic E-state index is 0.122. The molecule has 20 heavy (non-hydrogen) atoms. The summed E-state index contributed by atoms with van der Waals surface area (Å²) in [6.45, 7) is 0.255. The van der Waals surface area contributed by atoms with Gasteiger partial charge in [-0.25, -0.2) is 8.42 Å². The van der Waals surface area contributed by atoms with Gasteiger partial charge in [-0.1, -0.05) is 23.2 Å².